The van der Waals surface area contributed by atoms with Gasteiger partial charge in [0.1, 0.15) is 23.1 Å². The van der Waals surface area contributed by atoms with Crippen molar-refractivity contribution in [2.75, 3.05) is 13.7 Å². The molecule has 0 unspecified atom stereocenters. The lowest BCUT2D eigenvalue weighted by Gasteiger charge is -2.07. The maximum Gasteiger partial charge on any atom is 0.348 e. The van der Waals surface area contributed by atoms with Gasteiger partial charge in [-0.25, -0.2) is 4.79 Å². The Morgan fingerprint density at radius 3 is 2.52 bits per heavy atom. The van der Waals surface area contributed by atoms with Gasteiger partial charge in [-0.15, -0.1) is 0 Å². The number of hydrogen-bond acceptors (Lipinski definition) is 6. The highest BCUT2D eigenvalue weighted by atomic mass is 16.5. The highest BCUT2D eigenvalue weighted by Crippen LogP contribution is 2.17. The molecule has 2 rings (SSSR count). The molecule has 0 fully saturated rings. The minimum Gasteiger partial charge on any atom is -0.494 e. The molecule has 6 heteroatoms. The summed E-state index contributed by atoms with van der Waals surface area (Å²) in [5.41, 5.74) is 0.411. The van der Waals surface area contributed by atoms with Crippen LogP contribution in [0.1, 0.15) is 18.4 Å². The molecule has 0 aliphatic heterocycles. The van der Waals surface area contributed by atoms with Crippen molar-refractivity contribution in [3.05, 3.63) is 65.7 Å². The summed E-state index contributed by atoms with van der Waals surface area (Å²) in [5, 5.41) is 8.99. The van der Waals surface area contributed by atoms with Crippen molar-refractivity contribution < 1.29 is 23.8 Å². The van der Waals surface area contributed by atoms with Crippen LogP contribution in [0.15, 0.2) is 60.2 Å². The van der Waals surface area contributed by atoms with Gasteiger partial charge in [0.2, 0.25) is 0 Å². The zero-order valence-corrected chi connectivity index (χ0v) is 14.9. The summed E-state index contributed by atoms with van der Waals surface area (Å²) in [6.07, 6.45) is 2.10. The minimum absolute atomic E-state index is 0.140. The fourth-order valence-corrected chi connectivity index (χ4v) is 2.19. The first-order chi connectivity index (χ1) is 13.1. The Bertz CT molecular complexity index is 852. The van der Waals surface area contributed by atoms with Crippen LogP contribution in [-0.2, 0) is 14.3 Å². The Morgan fingerprint density at radius 2 is 1.81 bits per heavy atom. The van der Waals surface area contributed by atoms with E-state index in [4.69, 9.17) is 14.7 Å². The van der Waals surface area contributed by atoms with Crippen LogP contribution in [0.5, 0.6) is 11.5 Å². The Hall–Kier alpha value is -3.59. The van der Waals surface area contributed by atoms with E-state index >= 15 is 0 Å². The third kappa shape index (κ3) is 6.67. The SMILES string of the molecule is COC(=O)/C(C#N)=C/c1cccc(OC(=O)CCCOc2ccccc2)c1. The number of hydrogen-bond donors (Lipinski definition) is 0. The summed E-state index contributed by atoms with van der Waals surface area (Å²) in [6.45, 7) is 0.409. The number of methoxy groups -OCH3 is 1. The molecule has 138 valence electrons. The molecule has 0 saturated carbocycles. The molecule has 0 aliphatic carbocycles. The molecule has 0 aromatic heterocycles. The normalized spacial score (nSPS) is 10.6. The molecule has 6 nitrogen and oxygen atoms in total. The van der Waals surface area contributed by atoms with E-state index in [0.717, 1.165) is 5.75 Å². The molecular formula is C21H19NO5. The first-order valence-corrected chi connectivity index (χ1v) is 8.31. The van der Waals surface area contributed by atoms with Crippen LogP contribution in [0.4, 0.5) is 0 Å². The number of nitrogens with zero attached hydrogens (tertiary/aromatic N) is 1. The average Bonchev–Trinajstić information content (AvgIpc) is 2.70. The number of rotatable bonds is 8. The lowest BCUT2D eigenvalue weighted by atomic mass is 10.1. The number of carbonyl (C=O) groups excluding carboxylic acids is 2. The van der Waals surface area contributed by atoms with Gasteiger partial charge in [-0.1, -0.05) is 30.3 Å². The van der Waals surface area contributed by atoms with E-state index in [1.165, 1.54) is 13.2 Å². The summed E-state index contributed by atoms with van der Waals surface area (Å²) >= 11 is 0. The van der Waals surface area contributed by atoms with Crippen LogP contribution < -0.4 is 9.47 Å². The zero-order chi connectivity index (χ0) is 19.5. The summed E-state index contributed by atoms with van der Waals surface area (Å²) in [4.78, 5) is 23.4. The predicted octanol–water partition coefficient (Wildman–Crippen LogP) is 3.53. The molecule has 0 heterocycles. The smallest absolute Gasteiger partial charge is 0.348 e. The van der Waals surface area contributed by atoms with Crippen molar-refractivity contribution in [1.82, 2.24) is 0 Å². The van der Waals surface area contributed by atoms with E-state index < -0.39 is 5.97 Å². The van der Waals surface area contributed by atoms with Gasteiger partial charge in [0, 0.05) is 6.42 Å². The number of para-hydroxylation sites is 1. The van der Waals surface area contributed by atoms with Gasteiger partial charge in [0.05, 0.1) is 13.7 Å². The quantitative estimate of drug-likeness (QED) is 0.234. The molecule has 0 aliphatic rings. The van der Waals surface area contributed by atoms with E-state index in [2.05, 4.69) is 4.74 Å². The predicted molar refractivity (Wildman–Crippen MR) is 98.9 cm³/mol. The first-order valence-electron chi connectivity index (χ1n) is 8.31. The average molecular weight is 365 g/mol. The topological polar surface area (TPSA) is 85.6 Å². The highest BCUT2D eigenvalue weighted by Gasteiger charge is 2.10. The van der Waals surface area contributed by atoms with Gasteiger partial charge in [0.15, 0.2) is 0 Å². The molecular weight excluding hydrogens is 346 g/mol. The van der Waals surface area contributed by atoms with Crippen LogP contribution in [0.25, 0.3) is 6.08 Å². The minimum atomic E-state index is -0.724. The third-order valence-corrected chi connectivity index (χ3v) is 3.46. The Morgan fingerprint density at radius 1 is 1.07 bits per heavy atom. The number of nitriles is 1. The second-order valence-corrected chi connectivity index (χ2v) is 5.47. The fourth-order valence-electron chi connectivity index (χ4n) is 2.19. The summed E-state index contributed by atoms with van der Waals surface area (Å²) in [5.74, 6) is -0.0243. The maximum atomic E-state index is 11.9. The van der Waals surface area contributed by atoms with Crippen LogP contribution in [0.3, 0.4) is 0 Å². The second kappa shape index (κ2) is 10.4. The standard InChI is InChI=1S/C21H19NO5/c1-25-21(24)17(15-22)13-16-7-5-10-19(14-16)27-20(23)11-6-12-26-18-8-3-2-4-9-18/h2-5,7-10,13-14H,6,11-12H2,1H3/b17-13+. The van der Waals surface area contributed by atoms with Crippen LogP contribution in [0.2, 0.25) is 0 Å². The van der Waals surface area contributed by atoms with Crippen LogP contribution in [0, 0.1) is 11.3 Å². The summed E-state index contributed by atoms with van der Waals surface area (Å²) < 4.78 is 15.3. The van der Waals surface area contributed by atoms with E-state index in [-0.39, 0.29) is 18.0 Å². The Balaban J connectivity index is 1.86. The molecule has 0 saturated heterocycles. The first kappa shape index (κ1) is 19.7. The Labute approximate surface area is 157 Å². The Kier molecular flexibility index (Phi) is 7.61. The van der Waals surface area contributed by atoms with Crippen LogP contribution >= 0.6 is 0 Å². The molecule has 27 heavy (non-hydrogen) atoms. The largest absolute Gasteiger partial charge is 0.494 e. The molecule has 0 spiro atoms. The second-order valence-electron chi connectivity index (χ2n) is 5.47. The molecule has 0 bridgehead atoms. The van der Waals surface area contributed by atoms with Gasteiger partial charge in [0.25, 0.3) is 0 Å². The molecule has 0 N–H and O–H groups in total. The van der Waals surface area contributed by atoms with Gasteiger partial charge in [-0.3, -0.25) is 4.79 Å². The van der Waals surface area contributed by atoms with E-state index in [1.54, 1.807) is 30.3 Å². The van der Waals surface area contributed by atoms with E-state index in [1.807, 2.05) is 30.3 Å². The lowest BCUT2D eigenvalue weighted by Crippen LogP contribution is -2.10. The van der Waals surface area contributed by atoms with Crippen LogP contribution in [-0.4, -0.2) is 25.7 Å². The monoisotopic (exact) mass is 365 g/mol. The molecule has 2 aromatic rings. The van der Waals surface area contributed by atoms with Crippen molar-refractivity contribution in [2.45, 2.75) is 12.8 Å². The van der Waals surface area contributed by atoms with Gasteiger partial charge in [-0.05, 0) is 42.3 Å². The number of carbonyl (C=O) groups is 2. The number of benzene rings is 2. The fraction of sp³-hybridized carbons (Fsp3) is 0.190. The van der Waals surface area contributed by atoms with Gasteiger partial charge in [-0.2, -0.15) is 5.26 Å². The van der Waals surface area contributed by atoms with Crippen molar-refractivity contribution in [3.63, 3.8) is 0 Å². The summed E-state index contributed by atoms with van der Waals surface area (Å²) in [6, 6.07) is 17.7. The zero-order valence-electron chi connectivity index (χ0n) is 14.9. The highest BCUT2D eigenvalue weighted by molar-refractivity contribution is 5.97. The molecule has 2 aromatic carbocycles. The molecule has 0 atom stereocenters. The number of esters is 2. The third-order valence-electron chi connectivity index (χ3n) is 3.46. The van der Waals surface area contributed by atoms with E-state index in [0.29, 0.717) is 24.3 Å². The van der Waals surface area contributed by atoms with Crippen molar-refractivity contribution >= 4 is 18.0 Å². The molecule has 0 radical (unpaired) electrons. The number of ether oxygens (including phenoxy) is 3. The maximum absolute atomic E-state index is 11.9. The van der Waals surface area contributed by atoms with Gasteiger partial charge < -0.3 is 14.2 Å². The summed E-state index contributed by atoms with van der Waals surface area (Å²) in [7, 11) is 1.20. The van der Waals surface area contributed by atoms with Gasteiger partial charge >= 0.3 is 11.9 Å². The van der Waals surface area contributed by atoms with E-state index in [9.17, 15) is 9.59 Å². The molecule has 0 amide bonds. The van der Waals surface area contributed by atoms with Crippen molar-refractivity contribution in [2.24, 2.45) is 0 Å². The van der Waals surface area contributed by atoms with Crippen molar-refractivity contribution in [3.8, 4) is 17.6 Å². The van der Waals surface area contributed by atoms with Crippen molar-refractivity contribution in [1.29, 1.82) is 5.26 Å². The lowest BCUT2D eigenvalue weighted by molar-refractivity contribution is -0.136.